The summed E-state index contributed by atoms with van der Waals surface area (Å²) in [6.45, 7) is 7.22. The van der Waals surface area contributed by atoms with Gasteiger partial charge >= 0.3 is 5.97 Å². The van der Waals surface area contributed by atoms with Gasteiger partial charge in [0.15, 0.2) is 11.9 Å². The molecule has 4 heteroatoms. The zero-order valence-electron chi connectivity index (χ0n) is 13.8. The summed E-state index contributed by atoms with van der Waals surface area (Å²) in [5.74, 6) is 0.925. The van der Waals surface area contributed by atoms with E-state index in [1.54, 1.807) is 0 Å². The van der Waals surface area contributed by atoms with Crippen molar-refractivity contribution in [1.29, 1.82) is 0 Å². The van der Waals surface area contributed by atoms with Gasteiger partial charge in [-0.15, -0.1) is 0 Å². The van der Waals surface area contributed by atoms with Gasteiger partial charge in [-0.3, -0.25) is 9.59 Å². The highest BCUT2D eigenvalue weighted by molar-refractivity contribution is 5.97. The van der Waals surface area contributed by atoms with E-state index in [0.29, 0.717) is 11.8 Å². The van der Waals surface area contributed by atoms with Gasteiger partial charge in [-0.25, -0.2) is 0 Å². The molecule has 0 spiro atoms. The standard InChI is InChI=1S/C17H27NO3/c1-9(2)12-13-11-7-6-10(8-18(4)5)17(11,3)15(19)14(12)21-16(13)20/h9-14H,6-8H2,1-5H3/t10-,11+,12+,13+,14-,17+/m1/s1. The Morgan fingerprint density at radius 2 is 1.95 bits per heavy atom. The molecule has 118 valence electrons. The lowest BCUT2D eigenvalue weighted by Gasteiger charge is -2.45. The third-order valence-corrected chi connectivity index (χ3v) is 6.30. The molecule has 4 nitrogen and oxygen atoms in total. The Labute approximate surface area is 127 Å². The molecule has 0 unspecified atom stereocenters. The molecule has 0 N–H and O–H groups in total. The monoisotopic (exact) mass is 293 g/mol. The number of fused-ring (bicyclic) bond motifs is 4. The number of hydrogen-bond acceptors (Lipinski definition) is 4. The van der Waals surface area contributed by atoms with Crippen LogP contribution in [0.1, 0.15) is 33.6 Å². The largest absolute Gasteiger partial charge is 0.454 e. The van der Waals surface area contributed by atoms with E-state index in [4.69, 9.17) is 4.74 Å². The Morgan fingerprint density at radius 1 is 1.29 bits per heavy atom. The zero-order valence-corrected chi connectivity index (χ0v) is 13.8. The highest BCUT2D eigenvalue weighted by atomic mass is 16.6. The smallest absolute Gasteiger partial charge is 0.310 e. The number of ketones is 1. The average molecular weight is 293 g/mol. The molecule has 3 aliphatic rings. The summed E-state index contributed by atoms with van der Waals surface area (Å²) < 4.78 is 5.52. The van der Waals surface area contributed by atoms with E-state index >= 15 is 0 Å². The topological polar surface area (TPSA) is 46.6 Å². The van der Waals surface area contributed by atoms with Gasteiger partial charge < -0.3 is 9.64 Å². The lowest BCUT2D eigenvalue weighted by Crippen LogP contribution is -2.55. The van der Waals surface area contributed by atoms with E-state index in [1.165, 1.54) is 0 Å². The molecule has 1 aliphatic heterocycles. The van der Waals surface area contributed by atoms with Crippen LogP contribution in [0.15, 0.2) is 0 Å². The molecule has 21 heavy (non-hydrogen) atoms. The first-order valence-electron chi connectivity index (χ1n) is 8.18. The number of esters is 1. The molecular formula is C17H27NO3. The van der Waals surface area contributed by atoms with Crippen molar-refractivity contribution in [1.82, 2.24) is 4.90 Å². The second-order valence-corrected chi connectivity index (χ2v) is 7.99. The maximum absolute atomic E-state index is 13.1. The van der Waals surface area contributed by atoms with Crippen molar-refractivity contribution in [2.45, 2.75) is 39.7 Å². The molecule has 2 aliphatic carbocycles. The Hall–Kier alpha value is -0.900. The van der Waals surface area contributed by atoms with Crippen molar-refractivity contribution < 1.29 is 14.3 Å². The second-order valence-electron chi connectivity index (χ2n) is 7.99. The highest BCUT2D eigenvalue weighted by Gasteiger charge is 2.68. The summed E-state index contributed by atoms with van der Waals surface area (Å²) in [6, 6.07) is 0. The van der Waals surface area contributed by atoms with E-state index in [0.717, 1.165) is 19.4 Å². The van der Waals surface area contributed by atoms with Gasteiger partial charge in [-0.05, 0) is 44.7 Å². The van der Waals surface area contributed by atoms with E-state index < -0.39 is 6.10 Å². The van der Waals surface area contributed by atoms with Crippen molar-refractivity contribution in [3.63, 3.8) is 0 Å². The Kier molecular flexibility index (Phi) is 3.43. The summed E-state index contributed by atoms with van der Waals surface area (Å²) >= 11 is 0. The lowest BCUT2D eigenvalue weighted by molar-refractivity contribution is -0.152. The van der Waals surface area contributed by atoms with E-state index in [9.17, 15) is 9.59 Å². The minimum Gasteiger partial charge on any atom is -0.454 e. The lowest BCUT2D eigenvalue weighted by atomic mass is 9.55. The highest BCUT2D eigenvalue weighted by Crippen LogP contribution is 2.61. The zero-order chi connectivity index (χ0) is 15.5. The van der Waals surface area contributed by atoms with Gasteiger partial charge in [0.1, 0.15) is 0 Å². The van der Waals surface area contributed by atoms with Crippen LogP contribution in [0.5, 0.6) is 0 Å². The maximum atomic E-state index is 13.1. The molecule has 0 radical (unpaired) electrons. The molecule has 3 rings (SSSR count). The predicted molar refractivity (Wildman–Crippen MR) is 79.6 cm³/mol. The first-order valence-corrected chi connectivity index (χ1v) is 8.18. The van der Waals surface area contributed by atoms with E-state index in [1.807, 2.05) is 0 Å². The number of rotatable bonds is 3. The summed E-state index contributed by atoms with van der Waals surface area (Å²) in [7, 11) is 4.11. The molecule has 3 fully saturated rings. The van der Waals surface area contributed by atoms with Crippen molar-refractivity contribution >= 4 is 11.8 Å². The Morgan fingerprint density at radius 3 is 2.52 bits per heavy atom. The molecule has 0 aromatic heterocycles. The molecule has 0 aromatic carbocycles. The summed E-state index contributed by atoms with van der Waals surface area (Å²) in [5.41, 5.74) is -0.378. The third kappa shape index (κ3) is 1.91. The van der Waals surface area contributed by atoms with Crippen molar-refractivity contribution in [3.05, 3.63) is 0 Å². The van der Waals surface area contributed by atoms with Crippen molar-refractivity contribution in [3.8, 4) is 0 Å². The Bertz CT molecular complexity index is 473. The molecule has 1 heterocycles. The molecule has 1 saturated heterocycles. The summed E-state index contributed by atoms with van der Waals surface area (Å²) in [4.78, 5) is 27.6. The minimum atomic E-state index is -0.494. The van der Waals surface area contributed by atoms with Crippen LogP contribution >= 0.6 is 0 Å². The van der Waals surface area contributed by atoms with Crippen LogP contribution in [-0.2, 0) is 14.3 Å². The van der Waals surface area contributed by atoms with Crippen LogP contribution in [0.4, 0.5) is 0 Å². The second kappa shape index (κ2) is 4.80. The number of Topliss-reactive ketones (excluding diaryl/α,β-unsaturated/α-hetero) is 1. The number of hydrogen-bond donors (Lipinski definition) is 0. The van der Waals surface area contributed by atoms with Crippen LogP contribution in [0, 0.1) is 35.0 Å². The SMILES string of the molecule is CC(C)[C@H]1[C@H]2C(=O)O[C@H]1C(=O)[C@@]1(C)[C@@H](CN(C)C)CC[C@@H]21. The first-order chi connectivity index (χ1) is 9.78. The van der Waals surface area contributed by atoms with Gasteiger partial charge in [-0.1, -0.05) is 20.8 Å². The molecule has 0 aromatic rings. The van der Waals surface area contributed by atoms with Crippen LogP contribution in [0.25, 0.3) is 0 Å². The molecule has 6 atom stereocenters. The number of nitrogens with zero attached hydrogens (tertiary/aromatic N) is 1. The first kappa shape index (κ1) is 15.0. The van der Waals surface area contributed by atoms with Gasteiger partial charge in [0.2, 0.25) is 0 Å². The fourth-order valence-corrected chi connectivity index (χ4v) is 5.30. The van der Waals surface area contributed by atoms with Gasteiger partial charge in [0, 0.05) is 17.9 Å². The fraction of sp³-hybridized carbons (Fsp3) is 0.882. The van der Waals surface area contributed by atoms with Crippen LogP contribution in [-0.4, -0.2) is 43.4 Å². The minimum absolute atomic E-state index is 0.0649. The summed E-state index contributed by atoms with van der Waals surface area (Å²) in [6.07, 6.45) is 1.54. The predicted octanol–water partition coefficient (Wildman–Crippen LogP) is 1.98. The fourth-order valence-electron chi connectivity index (χ4n) is 5.30. The number of carbonyl (C=O) groups excluding carboxylic acids is 2. The quantitative estimate of drug-likeness (QED) is 0.747. The van der Waals surface area contributed by atoms with Crippen molar-refractivity contribution in [2.24, 2.45) is 35.0 Å². The van der Waals surface area contributed by atoms with E-state index in [2.05, 4.69) is 39.8 Å². The normalized spacial score (nSPS) is 45.4. The van der Waals surface area contributed by atoms with E-state index in [-0.39, 0.29) is 34.9 Å². The van der Waals surface area contributed by atoms with Gasteiger partial charge in [0.25, 0.3) is 0 Å². The number of ether oxygens (including phenoxy) is 1. The van der Waals surface area contributed by atoms with Crippen LogP contribution < -0.4 is 0 Å². The van der Waals surface area contributed by atoms with Crippen LogP contribution in [0.3, 0.4) is 0 Å². The molecule has 2 saturated carbocycles. The summed E-state index contributed by atoms with van der Waals surface area (Å²) in [5, 5.41) is 0. The van der Waals surface area contributed by atoms with Crippen LogP contribution in [0.2, 0.25) is 0 Å². The third-order valence-electron chi connectivity index (χ3n) is 6.30. The molecular weight excluding hydrogens is 266 g/mol. The molecule has 2 bridgehead atoms. The average Bonchev–Trinajstić information content (AvgIpc) is 2.85. The van der Waals surface area contributed by atoms with Gasteiger partial charge in [-0.2, -0.15) is 0 Å². The number of carbonyl (C=O) groups is 2. The molecule has 0 amide bonds. The van der Waals surface area contributed by atoms with Crippen molar-refractivity contribution in [2.75, 3.05) is 20.6 Å². The Balaban J connectivity index is 1.99. The maximum Gasteiger partial charge on any atom is 0.310 e. The van der Waals surface area contributed by atoms with Gasteiger partial charge in [0.05, 0.1) is 5.92 Å².